The third-order valence-electron chi connectivity index (χ3n) is 3.06. The van der Waals surface area contributed by atoms with Crippen molar-refractivity contribution in [1.29, 1.82) is 0 Å². The van der Waals surface area contributed by atoms with E-state index < -0.39 is 0 Å². The van der Waals surface area contributed by atoms with Gasteiger partial charge in [-0.1, -0.05) is 29.8 Å². The highest BCUT2D eigenvalue weighted by Crippen LogP contribution is 2.16. The fraction of sp³-hybridized carbons (Fsp3) is 0.538. The van der Waals surface area contributed by atoms with E-state index in [1.54, 1.807) is 0 Å². The molecule has 1 saturated heterocycles. The van der Waals surface area contributed by atoms with E-state index in [-0.39, 0.29) is 18.2 Å². The number of aliphatic hydroxyl groups is 1. The number of hydrogen-bond acceptors (Lipinski definition) is 3. The Bertz CT molecular complexity index is 354. The highest BCUT2D eigenvalue weighted by molar-refractivity contribution is 5.24. The quantitative estimate of drug-likeness (QED) is 0.810. The highest BCUT2D eigenvalue weighted by atomic mass is 16.5. The Morgan fingerprint density at radius 1 is 1.44 bits per heavy atom. The van der Waals surface area contributed by atoms with Crippen molar-refractivity contribution in [2.24, 2.45) is 0 Å². The Morgan fingerprint density at radius 3 is 2.88 bits per heavy atom. The van der Waals surface area contributed by atoms with Crippen molar-refractivity contribution in [3.63, 3.8) is 0 Å². The lowest BCUT2D eigenvalue weighted by Gasteiger charge is -2.21. The van der Waals surface area contributed by atoms with Crippen LogP contribution in [0.5, 0.6) is 0 Å². The Hall–Kier alpha value is -0.900. The summed E-state index contributed by atoms with van der Waals surface area (Å²) < 4.78 is 5.22. The van der Waals surface area contributed by atoms with E-state index in [4.69, 9.17) is 4.74 Å². The molecular formula is C13H19NO2. The van der Waals surface area contributed by atoms with Crippen LogP contribution in [0.3, 0.4) is 0 Å². The van der Waals surface area contributed by atoms with Crippen molar-refractivity contribution < 1.29 is 9.84 Å². The topological polar surface area (TPSA) is 41.5 Å². The van der Waals surface area contributed by atoms with E-state index in [1.165, 1.54) is 11.1 Å². The van der Waals surface area contributed by atoms with E-state index >= 15 is 0 Å². The lowest BCUT2D eigenvalue weighted by atomic mass is 10.0. The minimum Gasteiger partial charge on any atom is -0.389 e. The van der Waals surface area contributed by atoms with Gasteiger partial charge < -0.3 is 15.2 Å². The van der Waals surface area contributed by atoms with Crippen LogP contribution in [-0.2, 0) is 4.74 Å². The summed E-state index contributed by atoms with van der Waals surface area (Å²) >= 11 is 0. The average Bonchev–Trinajstić information content (AvgIpc) is 2.64. The summed E-state index contributed by atoms with van der Waals surface area (Å²) in [7, 11) is 0. The van der Waals surface area contributed by atoms with Gasteiger partial charge in [-0.05, 0) is 19.4 Å². The second-order valence-electron chi connectivity index (χ2n) is 4.51. The summed E-state index contributed by atoms with van der Waals surface area (Å²) in [6.45, 7) is 5.24. The molecule has 1 aliphatic heterocycles. The van der Waals surface area contributed by atoms with Crippen LogP contribution in [0.1, 0.15) is 24.1 Å². The number of ether oxygens (including phenoxy) is 1. The molecule has 2 N–H and O–H groups in total. The molecule has 3 heteroatoms. The minimum atomic E-state index is -0.382. The number of rotatable bonds is 3. The molecule has 0 bridgehead atoms. The first-order valence-electron chi connectivity index (χ1n) is 5.75. The molecule has 88 valence electrons. The van der Waals surface area contributed by atoms with Crippen LogP contribution >= 0.6 is 0 Å². The van der Waals surface area contributed by atoms with Gasteiger partial charge >= 0.3 is 0 Å². The summed E-state index contributed by atoms with van der Waals surface area (Å²) in [4.78, 5) is 0. The molecule has 0 amide bonds. The van der Waals surface area contributed by atoms with E-state index in [9.17, 15) is 5.11 Å². The molecule has 1 aromatic rings. The van der Waals surface area contributed by atoms with Crippen molar-refractivity contribution in [1.82, 2.24) is 5.32 Å². The number of nitrogens with one attached hydrogen (secondary N) is 1. The van der Waals surface area contributed by atoms with Gasteiger partial charge in [-0.2, -0.15) is 0 Å². The lowest BCUT2D eigenvalue weighted by Crippen LogP contribution is -2.40. The molecule has 3 atom stereocenters. The van der Waals surface area contributed by atoms with Gasteiger partial charge in [0, 0.05) is 6.04 Å². The first-order valence-corrected chi connectivity index (χ1v) is 5.75. The number of aryl methyl sites for hydroxylation is 1. The Kier molecular flexibility index (Phi) is 3.59. The second kappa shape index (κ2) is 4.95. The zero-order chi connectivity index (χ0) is 11.5. The summed E-state index contributed by atoms with van der Waals surface area (Å²) in [6, 6.07) is 8.71. The smallest absolute Gasteiger partial charge is 0.0948 e. The van der Waals surface area contributed by atoms with Gasteiger partial charge in [0.15, 0.2) is 0 Å². The molecule has 1 fully saturated rings. The molecule has 0 aromatic heterocycles. The van der Waals surface area contributed by atoms with E-state index in [2.05, 4.69) is 43.4 Å². The Balaban J connectivity index is 1.99. The molecule has 0 aliphatic carbocycles. The van der Waals surface area contributed by atoms with Gasteiger partial charge in [0.2, 0.25) is 0 Å². The van der Waals surface area contributed by atoms with Gasteiger partial charge in [-0.15, -0.1) is 0 Å². The molecule has 1 aromatic carbocycles. The second-order valence-corrected chi connectivity index (χ2v) is 4.51. The zero-order valence-electron chi connectivity index (χ0n) is 9.81. The third kappa shape index (κ3) is 2.61. The van der Waals surface area contributed by atoms with E-state index in [0.717, 1.165) is 0 Å². The Morgan fingerprint density at radius 2 is 2.25 bits per heavy atom. The van der Waals surface area contributed by atoms with Crippen LogP contribution in [0.15, 0.2) is 24.3 Å². The van der Waals surface area contributed by atoms with E-state index in [1.807, 2.05) is 0 Å². The van der Waals surface area contributed by atoms with Gasteiger partial charge in [0.1, 0.15) is 0 Å². The van der Waals surface area contributed by atoms with E-state index in [0.29, 0.717) is 13.2 Å². The van der Waals surface area contributed by atoms with Crippen LogP contribution in [0.4, 0.5) is 0 Å². The molecule has 2 unspecified atom stereocenters. The molecule has 0 spiro atoms. The molecule has 1 aliphatic rings. The number of aliphatic hydroxyl groups excluding tert-OH is 1. The molecule has 0 saturated carbocycles. The average molecular weight is 221 g/mol. The van der Waals surface area contributed by atoms with Gasteiger partial charge in [0.05, 0.1) is 25.4 Å². The normalized spacial score (nSPS) is 26.9. The van der Waals surface area contributed by atoms with Crippen molar-refractivity contribution in [3.8, 4) is 0 Å². The first-order chi connectivity index (χ1) is 7.66. The Labute approximate surface area is 96.4 Å². The van der Waals surface area contributed by atoms with Crippen LogP contribution in [0.2, 0.25) is 0 Å². The lowest BCUT2D eigenvalue weighted by molar-refractivity contribution is 0.121. The van der Waals surface area contributed by atoms with Crippen molar-refractivity contribution in [3.05, 3.63) is 35.4 Å². The van der Waals surface area contributed by atoms with Crippen molar-refractivity contribution in [2.45, 2.75) is 32.0 Å². The molecule has 0 radical (unpaired) electrons. The predicted octanol–water partition coefficient (Wildman–Crippen LogP) is 1.41. The highest BCUT2D eigenvalue weighted by Gasteiger charge is 2.27. The van der Waals surface area contributed by atoms with Crippen LogP contribution < -0.4 is 5.32 Å². The number of hydrogen-bond donors (Lipinski definition) is 2. The number of benzene rings is 1. The molecular weight excluding hydrogens is 202 g/mol. The largest absolute Gasteiger partial charge is 0.389 e. The maximum absolute atomic E-state index is 9.65. The van der Waals surface area contributed by atoms with Crippen molar-refractivity contribution >= 4 is 0 Å². The van der Waals surface area contributed by atoms with Gasteiger partial charge in [-0.25, -0.2) is 0 Å². The molecule has 16 heavy (non-hydrogen) atoms. The third-order valence-corrected chi connectivity index (χ3v) is 3.06. The summed E-state index contributed by atoms with van der Waals surface area (Å²) in [5.74, 6) is 0. The van der Waals surface area contributed by atoms with Gasteiger partial charge in [-0.3, -0.25) is 0 Å². The van der Waals surface area contributed by atoms with Crippen molar-refractivity contribution in [2.75, 3.05) is 13.2 Å². The fourth-order valence-electron chi connectivity index (χ4n) is 2.06. The van der Waals surface area contributed by atoms with Gasteiger partial charge in [0.25, 0.3) is 0 Å². The fourth-order valence-corrected chi connectivity index (χ4v) is 2.06. The first kappa shape index (κ1) is 11.6. The summed E-state index contributed by atoms with van der Waals surface area (Å²) in [5, 5.41) is 13.0. The monoisotopic (exact) mass is 221 g/mol. The summed E-state index contributed by atoms with van der Waals surface area (Å²) in [6.07, 6.45) is -0.382. The molecule has 2 rings (SSSR count). The molecule has 3 nitrogen and oxygen atoms in total. The SMILES string of the molecule is Cc1cccc([C@H](C)NC2COCC2O)c1. The van der Waals surface area contributed by atoms with Crippen LogP contribution in [0, 0.1) is 6.92 Å². The van der Waals surface area contributed by atoms with Crippen LogP contribution in [0.25, 0.3) is 0 Å². The predicted molar refractivity (Wildman–Crippen MR) is 63.3 cm³/mol. The maximum Gasteiger partial charge on any atom is 0.0948 e. The maximum atomic E-state index is 9.65. The summed E-state index contributed by atoms with van der Waals surface area (Å²) in [5.41, 5.74) is 2.51. The standard InChI is InChI=1S/C13H19NO2/c1-9-4-3-5-11(6-9)10(2)14-12-7-16-8-13(12)15/h3-6,10,12-15H,7-8H2,1-2H3/t10-,12?,13?/m0/s1. The zero-order valence-corrected chi connectivity index (χ0v) is 9.81. The van der Waals surface area contributed by atoms with Crippen LogP contribution in [-0.4, -0.2) is 30.5 Å². The molecule has 1 heterocycles. The minimum absolute atomic E-state index is 0.0514.